The van der Waals surface area contributed by atoms with E-state index in [4.69, 9.17) is 0 Å². The first kappa shape index (κ1) is 41.8. The highest BCUT2D eigenvalue weighted by atomic mass is 16.2. The number of nitrogens with zero attached hydrogens (tertiary/aromatic N) is 2. The third kappa shape index (κ3) is 14.9. The fourth-order valence-corrected chi connectivity index (χ4v) is 7.66. The number of hydrogen-bond acceptors (Lipinski definition) is 4. The molecule has 4 nitrogen and oxygen atoms in total. The van der Waals surface area contributed by atoms with Gasteiger partial charge in [0.2, 0.25) is 0 Å². The van der Waals surface area contributed by atoms with Crippen LogP contribution in [-0.2, 0) is 9.59 Å². The molecule has 0 N–H and O–H groups in total. The minimum Gasteiger partial charge on any atom is -0.375 e. The molecule has 0 amide bonds. The summed E-state index contributed by atoms with van der Waals surface area (Å²) in [6.45, 7) is 6.63. The van der Waals surface area contributed by atoms with Crippen molar-refractivity contribution < 1.29 is 9.59 Å². The van der Waals surface area contributed by atoms with E-state index < -0.39 is 11.8 Å². The highest BCUT2D eigenvalue weighted by Gasteiger charge is 2.50. The average Bonchev–Trinajstić information content (AvgIpc) is 3.13. The van der Waals surface area contributed by atoms with Crippen LogP contribution in [0, 0.1) is 0 Å². The van der Waals surface area contributed by atoms with Crippen LogP contribution >= 0.6 is 0 Å². The van der Waals surface area contributed by atoms with E-state index in [0.29, 0.717) is 0 Å². The summed E-state index contributed by atoms with van der Waals surface area (Å²) in [5.74, 6) is -1.18. The summed E-state index contributed by atoms with van der Waals surface area (Å²) in [6, 6.07) is 16.2. The van der Waals surface area contributed by atoms with Gasteiger partial charge in [-0.15, -0.1) is 0 Å². The summed E-state index contributed by atoms with van der Waals surface area (Å²) < 4.78 is 0. The zero-order valence-electron chi connectivity index (χ0n) is 32.9. The Labute approximate surface area is 308 Å². The third-order valence-corrected chi connectivity index (χ3v) is 11.2. The van der Waals surface area contributed by atoms with Gasteiger partial charge in [0.15, 0.2) is 11.6 Å². The van der Waals surface area contributed by atoms with Crippen LogP contribution in [0.25, 0.3) is 0 Å². The Morgan fingerprint density at radius 1 is 0.380 bits per heavy atom. The predicted molar refractivity (Wildman–Crippen MR) is 217 cm³/mol. The Morgan fingerprint density at radius 2 is 0.620 bits per heavy atom. The molecule has 0 heterocycles. The third-order valence-electron chi connectivity index (χ3n) is 11.2. The number of Topliss-reactive ketones (excluding diaryl/α,β-unsaturated/α-hetero) is 2. The molecule has 0 spiro atoms. The Morgan fingerprint density at radius 3 is 0.880 bits per heavy atom. The molecule has 1 aliphatic rings. The van der Waals surface area contributed by atoms with Gasteiger partial charge in [0.25, 0.3) is 0 Å². The minimum absolute atomic E-state index is 0.0326. The van der Waals surface area contributed by atoms with E-state index in [-0.39, 0.29) is 11.6 Å². The van der Waals surface area contributed by atoms with Crippen LogP contribution in [0.1, 0.15) is 191 Å². The van der Waals surface area contributed by atoms with Gasteiger partial charge in [0, 0.05) is 38.6 Å². The van der Waals surface area contributed by atoms with Gasteiger partial charge >= 0.3 is 0 Å². The highest BCUT2D eigenvalue weighted by Crippen LogP contribution is 2.41. The van der Waals surface area contributed by atoms with Crippen LogP contribution in [0.3, 0.4) is 0 Å². The molecular weight excluding hydrogens is 613 g/mol. The highest BCUT2D eigenvalue weighted by molar-refractivity contribution is 6.31. The number of carbonyl (C=O) groups is 2. The van der Waals surface area contributed by atoms with Crippen molar-refractivity contribution in [1.29, 1.82) is 0 Å². The lowest BCUT2D eigenvalue weighted by molar-refractivity contribution is -0.142. The van der Waals surface area contributed by atoms with Crippen molar-refractivity contribution in [3.63, 3.8) is 0 Å². The van der Waals surface area contributed by atoms with Crippen LogP contribution in [0.4, 0.5) is 11.4 Å². The molecule has 3 rings (SSSR count). The first-order chi connectivity index (χ1) is 24.5. The van der Waals surface area contributed by atoms with Crippen LogP contribution in [0.2, 0.25) is 0 Å². The monoisotopic (exact) mass is 687 g/mol. The second-order valence-corrected chi connectivity index (χ2v) is 15.5. The fourth-order valence-electron chi connectivity index (χ4n) is 7.66. The molecule has 0 radical (unpaired) electrons. The first-order valence-corrected chi connectivity index (χ1v) is 21.2. The van der Waals surface area contributed by atoms with Gasteiger partial charge < -0.3 is 9.80 Å². The van der Waals surface area contributed by atoms with Crippen LogP contribution < -0.4 is 9.80 Å². The molecule has 1 saturated carbocycles. The van der Waals surface area contributed by atoms with E-state index >= 15 is 0 Å². The molecule has 2 aromatic carbocycles. The molecule has 280 valence electrons. The van der Waals surface area contributed by atoms with Gasteiger partial charge in [-0.2, -0.15) is 0 Å². The Bertz CT molecular complexity index is 1070. The normalized spacial score (nSPS) is 15.8. The van der Waals surface area contributed by atoms with Gasteiger partial charge in [-0.25, -0.2) is 0 Å². The van der Waals surface area contributed by atoms with Gasteiger partial charge in [-0.05, 0) is 48.2 Å². The molecule has 4 heteroatoms. The second-order valence-electron chi connectivity index (χ2n) is 15.5. The van der Waals surface area contributed by atoms with Crippen LogP contribution in [0.5, 0.6) is 0 Å². The number of rotatable bonds is 30. The molecule has 1 fully saturated rings. The lowest BCUT2D eigenvalue weighted by atomic mass is 9.66. The zero-order chi connectivity index (χ0) is 35.8. The van der Waals surface area contributed by atoms with E-state index in [1.54, 1.807) is 0 Å². The molecule has 0 saturated heterocycles. The van der Waals surface area contributed by atoms with Crippen LogP contribution in [-0.4, -0.2) is 38.8 Å². The predicted octanol–water partition coefficient (Wildman–Crippen LogP) is 13.0. The van der Waals surface area contributed by atoms with E-state index in [0.717, 1.165) is 35.6 Å². The SMILES string of the molecule is CCCCCCCCCCCCCCN(C)c1ccc(C2C(=O)C(c3ccc(N(C)CCCCCCCCCCCCCC)cc3)C2=O)cc1. The summed E-state index contributed by atoms with van der Waals surface area (Å²) in [4.78, 5) is 31.1. The molecule has 0 atom stereocenters. The molecule has 2 aromatic rings. The number of unbranched alkanes of at least 4 members (excludes halogenated alkanes) is 22. The number of benzene rings is 2. The molecule has 0 unspecified atom stereocenters. The number of hydrogen-bond donors (Lipinski definition) is 0. The maximum Gasteiger partial charge on any atom is 0.162 e. The lowest BCUT2D eigenvalue weighted by Crippen LogP contribution is -2.44. The topological polar surface area (TPSA) is 40.6 Å². The summed E-state index contributed by atoms with van der Waals surface area (Å²) in [5.41, 5.74) is 3.96. The summed E-state index contributed by atoms with van der Waals surface area (Å²) in [5, 5.41) is 0. The first-order valence-electron chi connectivity index (χ1n) is 21.2. The van der Waals surface area contributed by atoms with Crippen molar-refractivity contribution >= 4 is 22.9 Å². The summed E-state index contributed by atoms with van der Waals surface area (Å²) >= 11 is 0. The van der Waals surface area contributed by atoms with E-state index in [9.17, 15) is 9.59 Å². The lowest BCUT2D eigenvalue weighted by Gasteiger charge is -2.33. The van der Waals surface area contributed by atoms with Gasteiger partial charge in [-0.1, -0.05) is 179 Å². The van der Waals surface area contributed by atoms with Crippen molar-refractivity contribution in [1.82, 2.24) is 0 Å². The minimum atomic E-state index is -0.621. The molecule has 1 aliphatic carbocycles. The number of carbonyl (C=O) groups excluding carboxylic acids is 2. The maximum atomic E-state index is 13.2. The maximum absolute atomic E-state index is 13.2. The van der Waals surface area contributed by atoms with E-state index in [1.165, 1.54) is 154 Å². The zero-order valence-corrected chi connectivity index (χ0v) is 32.9. The fraction of sp³-hybridized carbons (Fsp3) is 0.696. The van der Waals surface area contributed by atoms with Crippen molar-refractivity contribution in [2.24, 2.45) is 0 Å². The Kier molecular flexibility index (Phi) is 21.2. The standard InChI is InChI=1S/C46H74N2O2/c1-5-7-9-11-13-15-17-19-21-23-25-27-37-47(3)41-33-29-39(30-34-41)43-45(49)44(46(43)50)40-31-35-42(36-32-40)48(4)38-28-26-24-22-20-18-16-14-12-10-8-6-2/h29-36,43-44H,5-28,37-38H2,1-4H3. The number of ketones is 2. The largest absolute Gasteiger partial charge is 0.375 e. The number of anilines is 2. The average molecular weight is 687 g/mol. The van der Waals surface area contributed by atoms with E-state index in [1.807, 2.05) is 24.3 Å². The van der Waals surface area contributed by atoms with Crippen molar-refractivity contribution in [2.45, 2.75) is 180 Å². The van der Waals surface area contributed by atoms with Gasteiger partial charge in [0.05, 0.1) is 0 Å². The summed E-state index contributed by atoms with van der Waals surface area (Å²) in [6.07, 6.45) is 32.7. The molecular formula is C46H74N2O2. The molecule has 50 heavy (non-hydrogen) atoms. The van der Waals surface area contributed by atoms with Crippen molar-refractivity contribution in [2.75, 3.05) is 37.0 Å². The smallest absolute Gasteiger partial charge is 0.162 e. The Balaban J connectivity index is 1.28. The second kappa shape index (κ2) is 25.4. The molecule has 0 aromatic heterocycles. The van der Waals surface area contributed by atoms with Crippen molar-refractivity contribution in [3.05, 3.63) is 59.7 Å². The van der Waals surface area contributed by atoms with E-state index in [2.05, 4.69) is 62.0 Å². The van der Waals surface area contributed by atoms with Gasteiger partial charge in [0.1, 0.15) is 11.8 Å². The van der Waals surface area contributed by atoms with Crippen LogP contribution in [0.15, 0.2) is 48.5 Å². The van der Waals surface area contributed by atoms with Gasteiger partial charge in [-0.3, -0.25) is 9.59 Å². The Hall–Kier alpha value is -2.62. The quantitative estimate of drug-likeness (QED) is 0.0606. The molecule has 0 bridgehead atoms. The summed E-state index contributed by atoms with van der Waals surface area (Å²) in [7, 11) is 4.28. The van der Waals surface area contributed by atoms with Crippen molar-refractivity contribution in [3.8, 4) is 0 Å². The molecule has 0 aliphatic heterocycles.